The Kier molecular flexibility index (Phi) is 3.57. The summed E-state index contributed by atoms with van der Waals surface area (Å²) in [7, 11) is 0. The van der Waals surface area contributed by atoms with Gasteiger partial charge in [0, 0.05) is 11.4 Å². The van der Waals surface area contributed by atoms with Crippen molar-refractivity contribution >= 4 is 17.3 Å². The highest BCUT2D eigenvalue weighted by Gasteiger charge is 2.41. The summed E-state index contributed by atoms with van der Waals surface area (Å²) in [4.78, 5) is 12.2. The molecule has 4 atom stereocenters. The molecule has 4 unspecified atom stereocenters. The maximum atomic E-state index is 12.2. The van der Waals surface area contributed by atoms with Crippen molar-refractivity contribution in [3.05, 3.63) is 24.3 Å². The maximum Gasteiger partial charge on any atom is 0.230 e. The van der Waals surface area contributed by atoms with Gasteiger partial charge in [-0.2, -0.15) is 0 Å². The number of nitrogens with two attached hydrogens (primary N) is 1. The van der Waals surface area contributed by atoms with E-state index < -0.39 is 0 Å². The molecule has 4 heteroatoms. The molecule has 2 rings (SSSR count). The fraction of sp³-hybridized carbons (Fsp3) is 0.500. The number of amides is 1. The molecule has 1 aliphatic rings. The Hall–Kier alpha value is -1.55. The highest BCUT2D eigenvalue weighted by atomic mass is 16.5. The van der Waals surface area contributed by atoms with E-state index in [9.17, 15) is 4.79 Å². The molecule has 1 saturated heterocycles. The van der Waals surface area contributed by atoms with Crippen molar-refractivity contribution in [2.24, 2.45) is 11.8 Å². The number of nitrogens with one attached hydrogen (secondary N) is 1. The van der Waals surface area contributed by atoms with Gasteiger partial charge in [0.1, 0.15) is 0 Å². The molecule has 0 bridgehead atoms. The molecule has 98 valence electrons. The van der Waals surface area contributed by atoms with Crippen molar-refractivity contribution < 1.29 is 9.53 Å². The van der Waals surface area contributed by atoms with Crippen LogP contribution in [0.1, 0.15) is 20.8 Å². The fourth-order valence-electron chi connectivity index (χ4n) is 2.51. The first-order chi connectivity index (χ1) is 8.49. The van der Waals surface area contributed by atoms with E-state index in [1.54, 1.807) is 12.1 Å². The molecule has 0 radical (unpaired) electrons. The van der Waals surface area contributed by atoms with Crippen LogP contribution < -0.4 is 11.1 Å². The first kappa shape index (κ1) is 12.9. The smallest absolute Gasteiger partial charge is 0.230 e. The molecule has 3 N–H and O–H groups in total. The lowest BCUT2D eigenvalue weighted by atomic mass is 9.89. The molecular weight excluding hydrogens is 228 g/mol. The van der Waals surface area contributed by atoms with E-state index in [2.05, 4.69) is 12.2 Å². The van der Waals surface area contributed by atoms with Gasteiger partial charge in [0.15, 0.2) is 0 Å². The molecule has 1 fully saturated rings. The second-order valence-electron chi connectivity index (χ2n) is 5.04. The van der Waals surface area contributed by atoms with Gasteiger partial charge in [0.25, 0.3) is 0 Å². The van der Waals surface area contributed by atoms with E-state index in [0.717, 1.165) is 5.69 Å². The SMILES string of the molecule is CC1OC(C)C(C(=O)Nc2ccc(N)cc2)C1C. The summed E-state index contributed by atoms with van der Waals surface area (Å²) in [5.74, 6) is 0.149. The third kappa shape index (κ3) is 2.48. The molecule has 0 aromatic heterocycles. The number of ether oxygens (including phenoxy) is 1. The van der Waals surface area contributed by atoms with Crippen LogP contribution in [0.3, 0.4) is 0 Å². The molecular formula is C14H20N2O2. The molecule has 1 heterocycles. The summed E-state index contributed by atoms with van der Waals surface area (Å²) in [6, 6.07) is 7.16. The van der Waals surface area contributed by atoms with Crippen LogP contribution in [0.5, 0.6) is 0 Å². The van der Waals surface area contributed by atoms with E-state index in [1.807, 2.05) is 26.0 Å². The van der Waals surface area contributed by atoms with Crippen molar-refractivity contribution in [1.82, 2.24) is 0 Å². The first-order valence-electron chi connectivity index (χ1n) is 6.31. The molecule has 0 spiro atoms. The van der Waals surface area contributed by atoms with Crippen molar-refractivity contribution in [2.45, 2.75) is 33.0 Å². The molecule has 1 amide bonds. The fourth-order valence-corrected chi connectivity index (χ4v) is 2.51. The van der Waals surface area contributed by atoms with Gasteiger partial charge in [0.2, 0.25) is 5.91 Å². The van der Waals surface area contributed by atoms with Gasteiger partial charge < -0.3 is 15.8 Å². The highest BCUT2D eigenvalue weighted by Crippen LogP contribution is 2.32. The zero-order valence-electron chi connectivity index (χ0n) is 11.0. The van der Waals surface area contributed by atoms with E-state index in [1.165, 1.54) is 0 Å². The predicted molar refractivity (Wildman–Crippen MR) is 72.1 cm³/mol. The van der Waals surface area contributed by atoms with E-state index in [0.29, 0.717) is 5.69 Å². The maximum absolute atomic E-state index is 12.2. The van der Waals surface area contributed by atoms with Gasteiger partial charge in [-0.05, 0) is 44.0 Å². The molecule has 0 aliphatic carbocycles. The third-order valence-electron chi connectivity index (χ3n) is 3.72. The Morgan fingerprint density at radius 1 is 1.17 bits per heavy atom. The Bertz CT molecular complexity index is 430. The van der Waals surface area contributed by atoms with E-state index >= 15 is 0 Å². The minimum Gasteiger partial charge on any atom is -0.399 e. The van der Waals surface area contributed by atoms with Crippen LogP contribution in [0.4, 0.5) is 11.4 Å². The number of benzene rings is 1. The largest absolute Gasteiger partial charge is 0.399 e. The molecule has 0 saturated carbocycles. The minimum absolute atomic E-state index is 0.0177. The van der Waals surface area contributed by atoms with E-state index in [4.69, 9.17) is 10.5 Å². The first-order valence-corrected chi connectivity index (χ1v) is 6.31. The number of carbonyl (C=O) groups is 1. The average Bonchev–Trinajstić information content (AvgIpc) is 2.56. The van der Waals surface area contributed by atoms with Crippen LogP contribution in [-0.2, 0) is 9.53 Å². The standard InChI is InChI=1S/C14H20N2O2/c1-8-9(2)18-10(3)13(8)14(17)16-12-6-4-11(15)5-7-12/h4-10,13H,15H2,1-3H3,(H,16,17). The second kappa shape index (κ2) is 4.98. The number of rotatable bonds is 2. The van der Waals surface area contributed by atoms with Gasteiger partial charge in [0.05, 0.1) is 18.1 Å². The van der Waals surface area contributed by atoms with Crippen molar-refractivity contribution in [3.8, 4) is 0 Å². The molecule has 1 aliphatic heterocycles. The number of hydrogen-bond acceptors (Lipinski definition) is 3. The monoisotopic (exact) mass is 248 g/mol. The molecule has 18 heavy (non-hydrogen) atoms. The third-order valence-corrected chi connectivity index (χ3v) is 3.72. The Labute approximate surface area is 108 Å². The normalized spacial score (nSPS) is 31.3. The Morgan fingerprint density at radius 2 is 1.78 bits per heavy atom. The van der Waals surface area contributed by atoms with Gasteiger partial charge in [-0.3, -0.25) is 4.79 Å². The number of hydrogen-bond donors (Lipinski definition) is 2. The zero-order chi connectivity index (χ0) is 13.3. The van der Waals surface area contributed by atoms with E-state index in [-0.39, 0.29) is 30.0 Å². The van der Waals surface area contributed by atoms with Crippen molar-refractivity contribution in [1.29, 1.82) is 0 Å². The summed E-state index contributed by atoms with van der Waals surface area (Å²) >= 11 is 0. The lowest BCUT2D eigenvalue weighted by Gasteiger charge is -2.18. The highest BCUT2D eigenvalue weighted by molar-refractivity contribution is 5.93. The van der Waals surface area contributed by atoms with Crippen LogP contribution in [0, 0.1) is 11.8 Å². The van der Waals surface area contributed by atoms with Crippen LogP contribution >= 0.6 is 0 Å². The van der Waals surface area contributed by atoms with Gasteiger partial charge >= 0.3 is 0 Å². The van der Waals surface area contributed by atoms with Crippen LogP contribution in [0.15, 0.2) is 24.3 Å². The van der Waals surface area contributed by atoms with Crippen LogP contribution in [0.2, 0.25) is 0 Å². The molecule has 1 aromatic rings. The predicted octanol–water partition coefficient (Wildman–Crippen LogP) is 2.27. The lowest BCUT2D eigenvalue weighted by molar-refractivity contribution is -0.121. The van der Waals surface area contributed by atoms with Gasteiger partial charge in [-0.1, -0.05) is 6.92 Å². The number of carbonyl (C=O) groups excluding carboxylic acids is 1. The van der Waals surface area contributed by atoms with Gasteiger partial charge in [-0.15, -0.1) is 0 Å². The minimum atomic E-state index is -0.0995. The summed E-state index contributed by atoms with van der Waals surface area (Å²) in [6.07, 6.45) is 0.0888. The quantitative estimate of drug-likeness (QED) is 0.789. The van der Waals surface area contributed by atoms with Crippen LogP contribution in [0.25, 0.3) is 0 Å². The van der Waals surface area contributed by atoms with Gasteiger partial charge in [-0.25, -0.2) is 0 Å². The van der Waals surface area contributed by atoms with Crippen molar-refractivity contribution in [2.75, 3.05) is 11.1 Å². The molecule has 4 nitrogen and oxygen atoms in total. The molecule has 1 aromatic carbocycles. The Balaban J connectivity index is 2.06. The lowest BCUT2D eigenvalue weighted by Crippen LogP contribution is -2.31. The topological polar surface area (TPSA) is 64.3 Å². The van der Waals surface area contributed by atoms with Crippen LogP contribution in [-0.4, -0.2) is 18.1 Å². The number of anilines is 2. The number of nitrogen functional groups attached to an aromatic ring is 1. The zero-order valence-corrected chi connectivity index (χ0v) is 11.0. The Morgan fingerprint density at radius 3 is 2.28 bits per heavy atom. The summed E-state index contributed by atoms with van der Waals surface area (Å²) in [5.41, 5.74) is 7.07. The summed E-state index contributed by atoms with van der Waals surface area (Å²) in [6.45, 7) is 6.02. The summed E-state index contributed by atoms with van der Waals surface area (Å²) < 4.78 is 5.68. The average molecular weight is 248 g/mol. The summed E-state index contributed by atoms with van der Waals surface area (Å²) in [5, 5.41) is 2.92. The van der Waals surface area contributed by atoms with Crippen molar-refractivity contribution in [3.63, 3.8) is 0 Å². The second-order valence-corrected chi connectivity index (χ2v) is 5.04.